The molecule has 2 aromatic carbocycles. The summed E-state index contributed by atoms with van der Waals surface area (Å²) in [6, 6.07) is 20.3. The molecule has 0 fully saturated rings. The van der Waals surface area contributed by atoms with E-state index in [0.717, 1.165) is 46.8 Å². The summed E-state index contributed by atoms with van der Waals surface area (Å²) >= 11 is 1.73. The molecule has 5 heteroatoms. The highest BCUT2D eigenvalue weighted by molar-refractivity contribution is 7.10. The van der Waals surface area contributed by atoms with Crippen molar-refractivity contribution in [2.45, 2.75) is 38.1 Å². The first kappa shape index (κ1) is 19.9. The van der Waals surface area contributed by atoms with Crippen LogP contribution in [0.1, 0.15) is 48.6 Å². The number of hydrogen-bond acceptors (Lipinski definition) is 5. The number of hydrogen-bond donors (Lipinski definition) is 2. The van der Waals surface area contributed by atoms with Crippen molar-refractivity contribution >= 4 is 28.5 Å². The van der Waals surface area contributed by atoms with E-state index in [1.54, 1.807) is 11.3 Å². The highest BCUT2D eigenvalue weighted by Gasteiger charge is 2.36. The normalized spacial score (nSPS) is 20.2. The number of ketones is 1. The van der Waals surface area contributed by atoms with Crippen LogP contribution in [0, 0.1) is 0 Å². The number of nitrogens with one attached hydrogen (secondary N) is 2. The number of thiophene rings is 1. The Balaban J connectivity index is 1.54. The maximum Gasteiger partial charge on any atom is 0.163 e. The molecule has 2 aliphatic rings. The molecule has 0 saturated heterocycles. The Hall–Kier alpha value is -3.05. The lowest BCUT2D eigenvalue weighted by atomic mass is 9.81. The summed E-state index contributed by atoms with van der Waals surface area (Å²) in [7, 11) is 0. The van der Waals surface area contributed by atoms with Crippen LogP contribution in [0.5, 0.6) is 5.75 Å². The molecule has 1 aromatic heterocycles. The topological polar surface area (TPSA) is 50.4 Å². The van der Waals surface area contributed by atoms with Crippen LogP contribution < -0.4 is 15.4 Å². The maximum atomic E-state index is 13.5. The van der Waals surface area contributed by atoms with Gasteiger partial charge in [-0.05, 0) is 54.1 Å². The van der Waals surface area contributed by atoms with Gasteiger partial charge >= 0.3 is 0 Å². The Morgan fingerprint density at radius 2 is 1.81 bits per heavy atom. The number of allylic oxidation sites excluding steroid dienone is 1. The number of ether oxygens (including phenoxy) is 1. The van der Waals surface area contributed by atoms with Crippen molar-refractivity contribution in [1.82, 2.24) is 0 Å². The lowest BCUT2D eigenvalue weighted by Gasteiger charge is -2.29. The van der Waals surface area contributed by atoms with Crippen molar-refractivity contribution < 1.29 is 9.53 Å². The first-order valence-corrected chi connectivity index (χ1v) is 11.8. The Bertz CT molecular complexity index is 1100. The molecule has 0 radical (unpaired) electrons. The second-order valence-corrected chi connectivity index (χ2v) is 9.08. The minimum atomic E-state index is -0.192. The van der Waals surface area contributed by atoms with Crippen molar-refractivity contribution in [2.24, 2.45) is 0 Å². The van der Waals surface area contributed by atoms with Crippen LogP contribution in [-0.4, -0.2) is 12.4 Å². The summed E-state index contributed by atoms with van der Waals surface area (Å²) in [6.45, 7) is 2.80. The van der Waals surface area contributed by atoms with Gasteiger partial charge in [-0.15, -0.1) is 11.3 Å². The molecule has 31 heavy (non-hydrogen) atoms. The van der Waals surface area contributed by atoms with Gasteiger partial charge < -0.3 is 15.4 Å². The molecule has 0 spiro atoms. The molecule has 5 rings (SSSR count). The number of fused-ring (bicyclic) bond motifs is 1. The van der Waals surface area contributed by atoms with Crippen molar-refractivity contribution in [3.63, 3.8) is 0 Å². The Kier molecular flexibility index (Phi) is 5.51. The van der Waals surface area contributed by atoms with Crippen LogP contribution in [0.3, 0.4) is 0 Å². The van der Waals surface area contributed by atoms with Crippen LogP contribution in [0.2, 0.25) is 0 Å². The molecular formula is C26H26N2O2S. The second kappa shape index (κ2) is 8.60. The Labute approximate surface area is 187 Å². The number of benzene rings is 2. The Morgan fingerprint density at radius 1 is 1.00 bits per heavy atom. The van der Waals surface area contributed by atoms with Crippen LogP contribution in [-0.2, 0) is 4.79 Å². The third kappa shape index (κ3) is 3.98. The number of carbonyl (C=O) groups is 1. The smallest absolute Gasteiger partial charge is 0.163 e. The van der Waals surface area contributed by atoms with Crippen LogP contribution in [0.4, 0.5) is 11.4 Å². The van der Waals surface area contributed by atoms with Gasteiger partial charge in [0.25, 0.3) is 0 Å². The monoisotopic (exact) mass is 430 g/mol. The molecular weight excluding hydrogens is 404 g/mol. The molecule has 3 aromatic rings. The summed E-state index contributed by atoms with van der Waals surface area (Å²) in [5.41, 5.74) is 4.97. The molecule has 0 bridgehead atoms. The third-order valence-electron chi connectivity index (χ3n) is 5.94. The minimum absolute atomic E-state index is 0.192. The molecule has 2 heterocycles. The van der Waals surface area contributed by atoms with Gasteiger partial charge in [-0.1, -0.05) is 37.3 Å². The van der Waals surface area contributed by atoms with E-state index in [-0.39, 0.29) is 17.7 Å². The highest BCUT2D eigenvalue weighted by Crippen LogP contribution is 2.44. The van der Waals surface area contributed by atoms with Gasteiger partial charge in [0.2, 0.25) is 0 Å². The van der Waals surface area contributed by atoms with Gasteiger partial charge in [-0.3, -0.25) is 4.79 Å². The van der Waals surface area contributed by atoms with Crippen molar-refractivity contribution in [3.8, 4) is 5.75 Å². The maximum absolute atomic E-state index is 13.5. The fourth-order valence-electron chi connectivity index (χ4n) is 4.44. The average molecular weight is 431 g/mol. The van der Waals surface area contributed by atoms with Crippen LogP contribution >= 0.6 is 11.3 Å². The zero-order valence-corrected chi connectivity index (χ0v) is 18.4. The summed E-state index contributed by atoms with van der Waals surface area (Å²) in [5, 5.41) is 9.33. The van der Waals surface area contributed by atoms with Gasteiger partial charge in [-0.25, -0.2) is 0 Å². The number of Topliss-reactive ketones (excluding diaryl/α,β-unsaturated/α-hetero) is 1. The van der Waals surface area contributed by atoms with Crippen LogP contribution in [0.15, 0.2) is 77.3 Å². The van der Waals surface area contributed by atoms with Crippen molar-refractivity contribution in [3.05, 3.63) is 87.8 Å². The van der Waals surface area contributed by atoms with Gasteiger partial charge in [0.1, 0.15) is 5.75 Å². The molecule has 2 atom stereocenters. The predicted molar refractivity (Wildman–Crippen MR) is 127 cm³/mol. The fourth-order valence-corrected chi connectivity index (χ4v) is 5.27. The lowest BCUT2D eigenvalue weighted by molar-refractivity contribution is -0.116. The third-order valence-corrected chi connectivity index (χ3v) is 6.98. The van der Waals surface area contributed by atoms with Crippen molar-refractivity contribution in [2.75, 3.05) is 17.2 Å². The molecule has 158 valence electrons. The molecule has 2 N–H and O–H groups in total. The van der Waals surface area contributed by atoms with Crippen LogP contribution in [0.25, 0.3) is 0 Å². The van der Waals surface area contributed by atoms with Gasteiger partial charge in [-0.2, -0.15) is 0 Å². The van der Waals surface area contributed by atoms with E-state index in [1.165, 1.54) is 4.88 Å². The first-order chi connectivity index (χ1) is 15.2. The number of carbonyl (C=O) groups excluding carboxylic acids is 1. The molecule has 0 saturated carbocycles. The summed E-state index contributed by atoms with van der Waals surface area (Å²) < 4.78 is 5.75. The van der Waals surface area contributed by atoms with Crippen molar-refractivity contribution in [1.29, 1.82) is 0 Å². The van der Waals surface area contributed by atoms with Gasteiger partial charge in [0, 0.05) is 28.5 Å². The molecule has 1 aliphatic carbocycles. The van der Waals surface area contributed by atoms with E-state index >= 15 is 0 Å². The highest BCUT2D eigenvalue weighted by atomic mass is 32.1. The van der Waals surface area contributed by atoms with Gasteiger partial charge in [0.15, 0.2) is 5.78 Å². The SMILES string of the molecule is CCCOc1ccc([C@@H]2Nc3ccccc3NC3=C2C(=O)C[C@H](c2cccs2)C3)cc1. The zero-order chi connectivity index (χ0) is 21.2. The lowest BCUT2D eigenvalue weighted by Crippen LogP contribution is -2.26. The minimum Gasteiger partial charge on any atom is -0.494 e. The molecule has 1 aliphatic heterocycles. The average Bonchev–Trinajstić information content (AvgIpc) is 3.27. The van der Waals surface area contributed by atoms with E-state index in [0.29, 0.717) is 13.0 Å². The standard InChI is InChI=1S/C26H26N2O2S/c1-2-13-30-19-11-9-17(10-12-19)26-25-22(27-20-6-3-4-7-21(20)28-26)15-18(16-23(25)29)24-8-5-14-31-24/h3-12,14,18,26-28H,2,13,15-16H2,1H3/t18-,26+/m1/s1. The second-order valence-electron chi connectivity index (χ2n) is 8.10. The number of para-hydroxylation sites is 2. The largest absolute Gasteiger partial charge is 0.494 e. The summed E-state index contributed by atoms with van der Waals surface area (Å²) in [6.07, 6.45) is 2.36. The first-order valence-electron chi connectivity index (χ1n) is 10.9. The quantitative estimate of drug-likeness (QED) is 0.484. The number of rotatable bonds is 5. The molecule has 0 amide bonds. The number of anilines is 2. The van der Waals surface area contributed by atoms with E-state index < -0.39 is 0 Å². The molecule has 0 unspecified atom stereocenters. The molecule has 4 nitrogen and oxygen atoms in total. The van der Waals surface area contributed by atoms with E-state index in [9.17, 15) is 4.79 Å². The summed E-state index contributed by atoms with van der Waals surface area (Å²) in [5.74, 6) is 1.30. The summed E-state index contributed by atoms with van der Waals surface area (Å²) in [4.78, 5) is 14.8. The van der Waals surface area contributed by atoms with E-state index in [4.69, 9.17) is 4.74 Å². The fraction of sp³-hybridized carbons (Fsp3) is 0.269. The predicted octanol–water partition coefficient (Wildman–Crippen LogP) is 6.52. The Morgan fingerprint density at radius 3 is 2.55 bits per heavy atom. The van der Waals surface area contributed by atoms with E-state index in [2.05, 4.69) is 59.3 Å². The van der Waals surface area contributed by atoms with E-state index in [1.807, 2.05) is 24.3 Å². The van der Waals surface area contributed by atoms with Gasteiger partial charge in [0.05, 0.1) is 24.0 Å². The zero-order valence-electron chi connectivity index (χ0n) is 17.6.